The molecule has 0 radical (unpaired) electrons. The average Bonchev–Trinajstić information content (AvgIpc) is 3.22. The normalized spacial score (nSPS) is 18.0. The molecule has 0 spiro atoms. The number of anilines is 1. The molecular formula is C22H24N5O4+. The molecule has 9 heteroatoms. The SMILES string of the molecule is COc1ccc(N2CCN3C(=O)C(=O)[N+](CC(=O)NCCc4ccccc4)=NC32)cc1. The number of benzene rings is 2. The number of azo groups is 2. The van der Waals surface area contributed by atoms with Crippen LogP contribution in [0.4, 0.5) is 5.69 Å². The van der Waals surface area contributed by atoms with Crippen molar-refractivity contribution in [2.24, 2.45) is 5.11 Å². The fourth-order valence-corrected chi connectivity index (χ4v) is 3.69. The van der Waals surface area contributed by atoms with Gasteiger partial charge >= 0.3 is 11.8 Å². The van der Waals surface area contributed by atoms with Crippen LogP contribution in [0, 0.1) is 0 Å². The summed E-state index contributed by atoms with van der Waals surface area (Å²) < 4.78 is 6.16. The molecule has 9 nitrogen and oxygen atoms in total. The van der Waals surface area contributed by atoms with E-state index in [9.17, 15) is 14.4 Å². The Morgan fingerprint density at radius 2 is 1.81 bits per heavy atom. The zero-order valence-electron chi connectivity index (χ0n) is 17.2. The van der Waals surface area contributed by atoms with E-state index in [0.717, 1.165) is 21.7 Å². The van der Waals surface area contributed by atoms with Crippen LogP contribution in [0.1, 0.15) is 5.56 Å². The highest BCUT2D eigenvalue weighted by molar-refractivity contribution is 6.31. The molecule has 2 aliphatic heterocycles. The van der Waals surface area contributed by atoms with Gasteiger partial charge in [-0.2, -0.15) is 0 Å². The molecule has 1 fully saturated rings. The lowest BCUT2D eigenvalue weighted by atomic mass is 10.1. The minimum absolute atomic E-state index is 0.292. The molecule has 31 heavy (non-hydrogen) atoms. The van der Waals surface area contributed by atoms with Crippen LogP contribution in [0.15, 0.2) is 59.7 Å². The van der Waals surface area contributed by atoms with Gasteiger partial charge in [0, 0.05) is 30.4 Å². The molecule has 160 valence electrons. The smallest absolute Gasteiger partial charge is 0.497 e. The van der Waals surface area contributed by atoms with Gasteiger partial charge in [0.25, 0.3) is 18.7 Å². The third-order valence-electron chi connectivity index (χ3n) is 5.34. The van der Waals surface area contributed by atoms with Crippen molar-refractivity contribution in [2.45, 2.75) is 12.7 Å². The second-order valence-electron chi connectivity index (χ2n) is 7.30. The second-order valence-corrected chi connectivity index (χ2v) is 7.30. The molecule has 3 amide bonds. The molecule has 2 aromatic carbocycles. The Morgan fingerprint density at radius 3 is 2.52 bits per heavy atom. The summed E-state index contributed by atoms with van der Waals surface area (Å²) in [7, 11) is 1.59. The van der Waals surface area contributed by atoms with E-state index in [1.54, 1.807) is 7.11 Å². The van der Waals surface area contributed by atoms with Crippen LogP contribution in [-0.4, -0.2) is 66.9 Å². The maximum absolute atomic E-state index is 12.6. The van der Waals surface area contributed by atoms with Crippen molar-refractivity contribution >= 4 is 23.4 Å². The number of carbonyl (C=O) groups is 3. The summed E-state index contributed by atoms with van der Waals surface area (Å²) in [4.78, 5) is 40.7. The van der Waals surface area contributed by atoms with Crippen LogP contribution in [0.5, 0.6) is 5.75 Å². The Bertz CT molecular complexity index is 1010. The van der Waals surface area contributed by atoms with Crippen LogP contribution in [0.25, 0.3) is 0 Å². The first-order chi connectivity index (χ1) is 15.1. The van der Waals surface area contributed by atoms with E-state index in [2.05, 4.69) is 10.4 Å². The Balaban J connectivity index is 1.43. The molecule has 2 heterocycles. The monoisotopic (exact) mass is 422 g/mol. The van der Waals surface area contributed by atoms with Crippen LogP contribution < -0.4 is 15.0 Å². The Hall–Kier alpha value is -3.75. The highest BCUT2D eigenvalue weighted by Crippen LogP contribution is 2.28. The number of amides is 3. The Labute approximate surface area is 179 Å². The lowest BCUT2D eigenvalue weighted by molar-refractivity contribution is -0.509. The highest BCUT2D eigenvalue weighted by atomic mass is 16.5. The topological polar surface area (TPSA) is 94.3 Å². The van der Waals surface area contributed by atoms with E-state index in [0.29, 0.717) is 26.1 Å². The summed E-state index contributed by atoms with van der Waals surface area (Å²) in [6.45, 7) is 1.07. The largest absolute Gasteiger partial charge is 0.502 e. The first-order valence-corrected chi connectivity index (χ1v) is 10.1. The first kappa shape index (κ1) is 20.5. The van der Waals surface area contributed by atoms with E-state index in [1.807, 2.05) is 59.5 Å². The molecule has 0 aromatic heterocycles. The van der Waals surface area contributed by atoms with Crippen molar-refractivity contribution in [3.05, 3.63) is 60.2 Å². The van der Waals surface area contributed by atoms with Gasteiger partial charge in [-0.1, -0.05) is 30.3 Å². The standard InChI is InChI=1S/C22H23N5O4/c1-31-18-9-7-17(8-10-18)25-13-14-26-20(29)21(30)27(24-22(25)26)15-19(28)23-12-11-16-5-3-2-4-6-16/h2-10,22H,11-15H2,1H3/p+1. The van der Waals surface area contributed by atoms with Gasteiger partial charge in [0.15, 0.2) is 0 Å². The number of fused-ring (bicyclic) bond motifs is 1. The Kier molecular flexibility index (Phi) is 5.92. The number of methoxy groups -OCH3 is 1. The van der Waals surface area contributed by atoms with Gasteiger partial charge in [-0.05, 0) is 40.9 Å². The average molecular weight is 422 g/mol. The molecule has 1 unspecified atom stereocenters. The van der Waals surface area contributed by atoms with Crippen molar-refractivity contribution in [2.75, 3.05) is 38.2 Å². The van der Waals surface area contributed by atoms with Crippen molar-refractivity contribution < 1.29 is 23.8 Å². The number of hydrogen-bond donors (Lipinski definition) is 1. The van der Waals surface area contributed by atoms with Gasteiger partial charge in [0.05, 0.1) is 7.11 Å². The lowest BCUT2D eigenvalue weighted by Gasteiger charge is -2.27. The summed E-state index contributed by atoms with van der Waals surface area (Å²) >= 11 is 0. The fraction of sp³-hybridized carbons (Fsp3) is 0.318. The van der Waals surface area contributed by atoms with Crippen molar-refractivity contribution in [3.8, 4) is 5.75 Å². The van der Waals surface area contributed by atoms with E-state index in [-0.39, 0.29) is 12.5 Å². The summed E-state index contributed by atoms with van der Waals surface area (Å²) in [5, 5.41) is 7.19. The molecule has 2 aromatic rings. The lowest BCUT2D eigenvalue weighted by Crippen LogP contribution is -2.53. The summed E-state index contributed by atoms with van der Waals surface area (Å²) in [5.41, 5.74) is 1.96. The molecule has 1 atom stereocenters. The molecule has 2 aliphatic rings. The number of carbonyl (C=O) groups excluding carboxylic acids is 3. The molecule has 0 bridgehead atoms. The molecular weight excluding hydrogens is 398 g/mol. The number of nitrogens with one attached hydrogen (secondary N) is 1. The van der Waals surface area contributed by atoms with Gasteiger partial charge in [0.2, 0.25) is 0 Å². The van der Waals surface area contributed by atoms with E-state index in [4.69, 9.17) is 4.74 Å². The van der Waals surface area contributed by atoms with Gasteiger partial charge in [-0.25, -0.2) is 4.79 Å². The second kappa shape index (κ2) is 8.95. The van der Waals surface area contributed by atoms with E-state index in [1.165, 1.54) is 4.90 Å². The molecule has 1 N–H and O–H groups in total. The third kappa shape index (κ3) is 4.40. The number of nitrogens with zero attached hydrogens (tertiary/aromatic N) is 4. The predicted molar refractivity (Wildman–Crippen MR) is 112 cm³/mol. The first-order valence-electron chi connectivity index (χ1n) is 10.1. The minimum Gasteiger partial charge on any atom is -0.497 e. The van der Waals surface area contributed by atoms with Crippen LogP contribution in [0.3, 0.4) is 0 Å². The van der Waals surface area contributed by atoms with Crippen molar-refractivity contribution in [1.29, 1.82) is 0 Å². The van der Waals surface area contributed by atoms with Crippen molar-refractivity contribution in [3.63, 3.8) is 0 Å². The third-order valence-corrected chi connectivity index (χ3v) is 5.34. The maximum Gasteiger partial charge on any atom is 0.502 e. The minimum atomic E-state index is -0.786. The molecule has 0 saturated carbocycles. The van der Waals surface area contributed by atoms with Gasteiger partial charge in [-0.15, -0.1) is 0 Å². The van der Waals surface area contributed by atoms with Gasteiger partial charge in [-0.3, -0.25) is 14.5 Å². The zero-order chi connectivity index (χ0) is 21.8. The molecule has 4 rings (SSSR count). The van der Waals surface area contributed by atoms with Crippen LogP contribution in [-0.2, 0) is 20.8 Å². The predicted octanol–water partition coefficient (Wildman–Crippen LogP) is 0.991. The van der Waals surface area contributed by atoms with Gasteiger partial charge < -0.3 is 15.0 Å². The van der Waals surface area contributed by atoms with E-state index < -0.39 is 18.1 Å². The number of rotatable bonds is 7. The van der Waals surface area contributed by atoms with Crippen molar-refractivity contribution in [1.82, 2.24) is 10.2 Å². The number of hydrogen-bond acceptors (Lipinski definition) is 6. The molecule has 0 aliphatic carbocycles. The zero-order valence-corrected chi connectivity index (χ0v) is 17.2. The van der Waals surface area contributed by atoms with Gasteiger partial charge in [0.1, 0.15) is 5.75 Å². The summed E-state index contributed by atoms with van der Waals surface area (Å²) in [6.07, 6.45) is 0.0221. The summed E-state index contributed by atoms with van der Waals surface area (Å²) in [6, 6.07) is 17.2. The maximum atomic E-state index is 12.6. The van der Waals surface area contributed by atoms with Crippen LogP contribution >= 0.6 is 0 Å². The summed E-state index contributed by atoms with van der Waals surface area (Å²) in [5.74, 6) is -1.07. The fourth-order valence-electron chi connectivity index (χ4n) is 3.69. The highest BCUT2D eigenvalue weighted by Gasteiger charge is 2.49. The quantitative estimate of drug-likeness (QED) is 0.531. The molecule has 1 saturated heterocycles. The number of ether oxygens (including phenoxy) is 1. The van der Waals surface area contributed by atoms with Crippen LogP contribution in [0.2, 0.25) is 0 Å². The Morgan fingerprint density at radius 1 is 1.10 bits per heavy atom. The van der Waals surface area contributed by atoms with E-state index >= 15 is 0 Å².